The van der Waals surface area contributed by atoms with Gasteiger partial charge in [0, 0.05) is 5.92 Å². The van der Waals surface area contributed by atoms with E-state index in [2.05, 4.69) is 53.0 Å². The molecule has 0 unspecified atom stereocenters. The Bertz CT molecular complexity index is 138. The molecule has 0 spiro atoms. The van der Waals surface area contributed by atoms with Gasteiger partial charge in [-0.3, -0.25) is 13.6 Å². The van der Waals surface area contributed by atoms with E-state index in [4.69, 9.17) is 16.2 Å². The van der Waals surface area contributed by atoms with Crippen molar-refractivity contribution in [2.24, 2.45) is 5.92 Å². The average molecular weight is 327 g/mol. The zero-order chi connectivity index (χ0) is 14.0. The van der Waals surface area contributed by atoms with Gasteiger partial charge in [-0.1, -0.05) is 13.8 Å². The van der Waals surface area contributed by atoms with Crippen LogP contribution in [-0.2, 0) is 29.1 Å². The first kappa shape index (κ1) is 30.0. The van der Waals surface area contributed by atoms with E-state index in [0.29, 0.717) is 12.5 Å². The van der Waals surface area contributed by atoms with Crippen molar-refractivity contribution in [3.8, 4) is 0 Å². The van der Waals surface area contributed by atoms with Crippen molar-refractivity contribution in [2.45, 2.75) is 47.5 Å². The Morgan fingerprint density at radius 3 is 1.35 bits per heavy atom. The van der Waals surface area contributed by atoms with Crippen molar-refractivity contribution < 1.29 is 29.1 Å². The molecule has 0 aromatic carbocycles. The first-order valence-corrected chi connectivity index (χ1v) is 5.15. The first-order chi connectivity index (χ1) is 7.58. The van der Waals surface area contributed by atoms with E-state index in [1.807, 2.05) is 0 Å². The Hall–Kier alpha value is -0.547. The maximum atomic E-state index is 7.75. The molecule has 3 nitrogen and oxygen atoms in total. The predicted octanol–water partition coefficient (Wildman–Crippen LogP) is 3.41. The van der Waals surface area contributed by atoms with E-state index in [-0.39, 0.29) is 19.5 Å². The Morgan fingerprint density at radius 1 is 1.06 bits per heavy atom. The summed E-state index contributed by atoms with van der Waals surface area (Å²) in [5.41, 5.74) is 0. The second-order valence-corrected chi connectivity index (χ2v) is 3.52. The number of carbonyl (C=O) groups excluding carboxylic acids is 2. The van der Waals surface area contributed by atoms with Gasteiger partial charge in [0.15, 0.2) is 0 Å². The smallest absolute Gasteiger partial charge is 0.545 e. The maximum absolute atomic E-state index is 7.75. The monoisotopic (exact) mass is 328 g/mol. The predicted molar refractivity (Wildman–Crippen MR) is 69.3 cm³/mol. The van der Waals surface area contributed by atoms with Crippen molar-refractivity contribution in [3.05, 3.63) is 17.3 Å². The quantitative estimate of drug-likeness (QED) is 0.453. The van der Waals surface area contributed by atoms with Gasteiger partial charge >= 0.3 is 19.5 Å². The van der Waals surface area contributed by atoms with Crippen LogP contribution < -0.4 is 0 Å². The van der Waals surface area contributed by atoms with Gasteiger partial charge in [0.25, 0.3) is 0 Å². The van der Waals surface area contributed by atoms with E-state index in [1.54, 1.807) is 0 Å². The molecule has 0 aliphatic rings. The van der Waals surface area contributed by atoms with E-state index in [0.717, 1.165) is 12.8 Å². The summed E-state index contributed by atoms with van der Waals surface area (Å²) in [7, 11) is 0. The molecular weight excluding hydrogens is 303 g/mol. The van der Waals surface area contributed by atoms with Crippen LogP contribution in [0.4, 0.5) is 0 Å². The normalized spacial score (nSPS) is 6.94. The number of hydrogen-bond acceptors (Lipinski definition) is 2. The molecule has 0 atom stereocenters. The number of rotatable bonds is 3. The molecular formula is C13H24NO2Ru+. The second-order valence-electron chi connectivity index (χ2n) is 3.52. The minimum absolute atomic E-state index is 0. The van der Waals surface area contributed by atoms with Gasteiger partial charge in [-0.2, -0.15) is 20.8 Å². The van der Waals surface area contributed by atoms with Crippen LogP contribution >= 0.6 is 0 Å². The van der Waals surface area contributed by atoms with Crippen LogP contribution in [0.1, 0.15) is 47.5 Å². The molecule has 0 aromatic heterocycles. The number of hydrogen-bond donors (Lipinski definition) is 0. The Balaban J connectivity index is -0.0000000457. The molecule has 100 valence electrons. The van der Waals surface area contributed by atoms with Crippen molar-refractivity contribution in [1.82, 2.24) is 0 Å². The molecule has 0 rings (SSSR count). The second kappa shape index (κ2) is 36.1. The van der Waals surface area contributed by atoms with Gasteiger partial charge in [-0.05, 0) is 12.8 Å². The van der Waals surface area contributed by atoms with E-state index < -0.39 is 0 Å². The van der Waals surface area contributed by atoms with Crippen LogP contribution in [0.15, 0.2) is 0 Å². The molecule has 0 bridgehead atoms. The summed E-state index contributed by atoms with van der Waals surface area (Å²) in [6.45, 7) is 24.3. The van der Waals surface area contributed by atoms with Crippen molar-refractivity contribution in [2.75, 3.05) is 6.54 Å². The van der Waals surface area contributed by atoms with Gasteiger partial charge < -0.3 is 20.4 Å². The van der Waals surface area contributed by atoms with Gasteiger partial charge in [0.1, 0.15) is 0 Å². The van der Waals surface area contributed by atoms with Crippen molar-refractivity contribution >= 4 is 13.6 Å². The summed E-state index contributed by atoms with van der Waals surface area (Å²) in [5.74, 6) is 2.06. The molecule has 0 aliphatic carbocycles. The Kier molecular flexibility index (Phi) is 63.6. The molecule has 0 aliphatic heterocycles. The molecule has 0 heterocycles. The first-order valence-electron chi connectivity index (χ1n) is 5.15. The van der Waals surface area contributed by atoms with Crippen molar-refractivity contribution in [1.29, 1.82) is 0 Å². The third kappa shape index (κ3) is 67.2. The Labute approximate surface area is 120 Å². The Morgan fingerprint density at radius 2 is 1.29 bits per heavy atom. The van der Waals surface area contributed by atoms with Crippen LogP contribution in [0.25, 0.3) is 4.85 Å². The standard InChI is InChI=1S/C7H13N.C4H9.2CHO.Ru/c1-4-7(5-2)6-8-3;1-4(2)3;2*1-2;/h7H,4-6H2,1-2H3;1-3H3;2*1H;/q;3*-1;+4. The molecule has 0 aromatic rings. The third-order valence-corrected chi connectivity index (χ3v) is 1.50. The van der Waals surface area contributed by atoms with E-state index in [9.17, 15) is 0 Å². The zero-order valence-electron chi connectivity index (χ0n) is 11.5. The fourth-order valence-electron chi connectivity index (χ4n) is 0.676. The average Bonchev–Trinajstić information content (AvgIpc) is 2.30. The summed E-state index contributed by atoms with van der Waals surface area (Å²) in [6.07, 6.45) is 2.30. The van der Waals surface area contributed by atoms with Crippen molar-refractivity contribution in [3.63, 3.8) is 0 Å². The molecule has 0 N–H and O–H groups in total. The van der Waals surface area contributed by atoms with Crippen LogP contribution in [-0.4, -0.2) is 20.1 Å². The molecule has 0 amide bonds. The molecule has 0 saturated carbocycles. The fourth-order valence-corrected chi connectivity index (χ4v) is 0.676. The fraction of sp³-hybridized carbons (Fsp3) is 0.692. The number of nitrogens with zero attached hydrogens (tertiary/aromatic N) is 1. The summed E-state index contributed by atoms with van der Waals surface area (Å²) in [4.78, 5) is 18.8. The molecule has 0 saturated heterocycles. The summed E-state index contributed by atoms with van der Waals surface area (Å²) < 4.78 is 0. The minimum Gasteiger partial charge on any atom is -0.545 e. The largest absolute Gasteiger partial charge is 4.00 e. The van der Waals surface area contributed by atoms with Gasteiger partial charge in [-0.15, -0.1) is 0 Å². The summed E-state index contributed by atoms with van der Waals surface area (Å²) in [5, 5.41) is 0. The summed E-state index contributed by atoms with van der Waals surface area (Å²) >= 11 is 0. The minimum atomic E-state index is 0. The van der Waals surface area contributed by atoms with Crippen LogP contribution in [0.2, 0.25) is 0 Å². The molecule has 4 heteroatoms. The molecule has 17 heavy (non-hydrogen) atoms. The van der Waals surface area contributed by atoms with E-state index in [1.165, 1.54) is 5.92 Å². The van der Waals surface area contributed by atoms with Crippen LogP contribution in [0, 0.1) is 18.4 Å². The van der Waals surface area contributed by atoms with Crippen LogP contribution in [0.5, 0.6) is 0 Å². The van der Waals surface area contributed by atoms with Gasteiger partial charge in [-0.25, -0.2) is 6.57 Å². The molecule has 0 fully saturated rings. The van der Waals surface area contributed by atoms with E-state index >= 15 is 0 Å². The SMILES string of the molecule is C[C-](C)C.[C-]#[N+]CC(CC)CC.[CH-]=O.[CH-]=O.[Ru+4]. The van der Waals surface area contributed by atoms with Crippen LogP contribution in [0.3, 0.4) is 0 Å². The van der Waals surface area contributed by atoms with Gasteiger partial charge in [0.2, 0.25) is 6.54 Å². The maximum Gasteiger partial charge on any atom is 4.00 e. The molecule has 0 radical (unpaired) electrons. The third-order valence-electron chi connectivity index (χ3n) is 1.50. The summed E-state index contributed by atoms with van der Waals surface area (Å²) in [6, 6.07) is 0. The van der Waals surface area contributed by atoms with Gasteiger partial charge in [0.05, 0.1) is 0 Å². The topological polar surface area (TPSA) is 38.5 Å². The zero-order valence-corrected chi connectivity index (χ0v) is 13.2.